The molecule has 1 fully saturated rings. The van der Waals surface area contributed by atoms with Gasteiger partial charge in [-0.3, -0.25) is 4.79 Å². The molecule has 0 bridgehead atoms. The molecular weight excluding hydrogens is 314 g/mol. The zero-order valence-electron chi connectivity index (χ0n) is 14.4. The monoisotopic (exact) mass is 339 g/mol. The number of hydrogen-bond donors (Lipinski definition) is 3. The van der Waals surface area contributed by atoms with E-state index in [4.69, 9.17) is 22.3 Å². The van der Waals surface area contributed by atoms with Crippen LogP contribution in [0.25, 0.3) is 0 Å². The van der Waals surface area contributed by atoms with E-state index in [0.717, 1.165) is 37.8 Å². The molecule has 1 aromatic heterocycles. The van der Waals surface area contributed by atoms with Crippen molar-refractivity contribution in [3.05, 3.63) is 46.6 Å². The topological polar surface area (TPSA) is 113 Å². The first-order valence-electron chi connectivity index (χ1n) is 8.96. The van der Waals surface area contributed by atoms with E-state index in [9.17, 15) is 4.79 Å². The zero-order chi connectivity index (χ0) is 17.6. The summed E-state index contributed by atoms with van der Waals surface area (Å²) in [5, 5.41) is 4.74. The molecule has 6 nitrogen and oxygen atoms in total. The lowest BCUT2D eigenvalue weighted by Gasteiger charge is -2.23. The van der Waals surface area contributed by atoms with Crippen LogP contribution in [0.5, 0.6) is 0 Å². The van der Waals surface area contributed by atoms with Crippen LogP contribution in [0.3, 0.4) is 0 Å². The van der Waals surface area contributed by atoms with Gasteiger partial charge in [0.1, 0.15) is 11.4 Å². The summed E-state index contributed by atoms with van der Waals surface area (Å²) in [4.78, 5) is 12.1. The van der Waals surface area contributed by atoms with E-state index in [-0.39, 0.29) is 11.3 Å². The number of benzene rings is 1. The molecule has 1 heterocycles. The molecule has 1 amide bonds. The normalized spacial score (nSPS) is 20.9. The van der Waals surface area contributed by atoms with Gasteiger partial charge < -0.3 is 17.2 Å². The van der Waals surface area contributed by atoms with Crippen LogP contribution in [0.4, 0.5) is 5.82 Å². The molecule has 1 aromatic carbocycles. The van der Waals surface area contributed by atoms with E-state index in [0.29, 0.717) is 24.5 Å². The highest BCUT2D eigenvalue weighted by molar-refractivity contribution is 5.98. The van der Waals surface area contributed by atoms with E-state index < -0.39 is 5.91 Å². The number of rotatable bonds is 5. The molecule has 0 saturated heterocycles. The van der Waals surface area contributed by atoms with Crippen LogP contribution in [0.15, 0.2) is 24.3 Å². The van der Waals surface area contributed by atoms with Gasteiger partial charge in [-0.05, 0) is 49.8 Å². The van der Waals surface area contributed by atoms with Crippen molar-refractivity contribution in [1.29, 1.82) is 0 Å². The first-order valence-corrected chi connectivity index (χ1v) is 8.96. The second kappa shape index (κ2) is 5.88. The molecule has 6 heteroatoms. The quantitative estimate of drug-likeness (QED) is 0.767. The molecule has 2 aliphatic carbocycles. The highest BCUT2D eigenvalue weighted by atomic mass is 16.1. The number of nitrogens with zero attached hydrogens (tertiary/aromatic N) is 2. The van der Waals surface area contributed by atoms with Crippen molar-refractivity contribution in [1.82, 2.24) is 9.78 Å². The lowest BCUT2D eigenvalue weighted by atomic mass is 9.81. The van der Waals surface area contributed by atoms with Gasteiger partial charge in [-0.2, -0.15) is 5.10 Å². The number of anilines is 1. The molecule has 2 aliphatic rings. The van der Waals surface area contributed by atoms with Crippen LogP contribution in [-0.2, 0) is 19.4 Å². The Morgan fingerprint density at radius 2 is 2.00 bits per heavy atom. The third kappa shape index (κ3) is 2.80. The highest BCUT2D eigenvalue weighted by Gasteiger charge is 2.43. The van der Waals surface area contributed by atoms with Gasteiger partial charge in [0.25, 0.3) is 5.91 Å². The van der Waals surface area contributed by atoms with Gasteiger partial charge in [-0.25, -0.2) is 4.68 Å². The lowest BCUT2D eigenvalue weighted by Crippen LogP contribution is -2.23. The Hall–Kier alpha value is -2.34. The Bertz CT molecular complexity index is 821. The average molecular weight is 339 g/mol. The van der Waals surface area contributed by atoms with E-state index in [2.05, 4.69) is 24.3 Å². The molecule has 4 rings (SSSR count). The Kier molecular flexibility index (Phi) is 3.80. The molecule has 1 atom stereocenters. The number of amides is 1. The number of carbonyl (C=O) groups excluding carboxylic acids is 1. The van der Waals surface area contributed by atoms with Crippen LogP contribution >= 0.6 is 0 Å². The average Bonchev–Trinajstić information content (AvgIpc) is 3.32. The fourth-order valence-corrected chi connectivity index (χ4v) is 4.01. The minimum Gasteiger partial charge on any atom is -0.383 e. The Labute approximate surface area is 147 Å². The molecule has 0 aliphatic heterocycles. The smallest absolute Gasteiger partial charge is 0.254 e. The predicted octanol–water partition coefficient (Wildman–Crippen LogP) is 1.58. The molecule has 25 heavy (non-hydrogen) atoms. The van der Waals surface area contributed by atoms with Gasteiger partial charge in [0.15, 0.2) is 0 Å². The number of nitrogen functional groups attached to an aromatic ring is 1. The van der Waals surface area contributed by atoms with Crippen LogP contribution in [0, 0.1) is 5.41 Å². The molecule has 2 aromatic rings. The Morgan fingerprint density at radius 3 is 2.64 bits per heavy atom. The summed E-state index contributed by atoms with van der Waals surface area (Å²) in [6.45, 7) is 1.28. The number of primary amides is 1. The van der Waals surface area contributed by atoms with Crippen molar-refractivity contribution in [2.24, 2.45) is 16.9 Å². The zero-order valence-corrected chi connectivity index (χ0v) is 14.4. The Balaban J connectivity index is 1.68. The van der Waals surface area contributed by atoms with Crippen molar-refractivity contribution in [2.75, 3.05) is 12.3 Å². The summed E-state index contributed by atoms with van der Waals surface area (Å²) in [6.07, 6.45) is 4.98. The number of nitrogens with two attached hydrogens (primary N) is 3. The van der Waals surface area contributed by atoms with Crippen LogP contribution in [0.1, 0.15) is 52.4 Å². The van der Waals surface area contributed by atoms with E-state index in [1.165, 1.54) is 11.1 Å². The molecule has 6 N–H and O–H groups in total. The maximum absolute atomic E-state index is 12.1. The maximum Gasteiger partial charge on any atom is 0.254 e. The summed E-state index contributed by atoms with van der Waals surface area (Å²) in [6, 6.07) is 8.45. The summed E-state index contributed by atoms with van der Waals surface area (Å²) >= 11 is 0. The van der Waals surface area contributed by atoms with E-state index >= 15 is 0 Å². The number of fused-ring (bicyclic) bond motifs is 1. The largest absolute Gasteiger partial charge is 0.383 e. The van der Waals surface area contributed by atoms with Crippen molar-refractivity contribution >= 4 is 11.7 Å². The maximum atomic E-state index is 12.1. The van der Waals surface area contributed by atoms with Crippen molar-refractivity contribution in [2.45, 2.75) is 44.6 Å². The first kappa shape index (κ1) is 16.1. The van der Waals surface area contributed by atoms with Gasteiger partial charge in [-0.15, -0.1) is 0 Å². The van der Waals surface area contributed by atoms with E-state index in [1.54, 1.807) is 4.68 Å². The van der Waals surface area contributed by atoms with Crippen molar-refractivity contribution < 1.29 is 4.79 Å². The van der Waals surface area contributed by atoms with Crippen LogP contribution in [-0.4, -0.2) is 22.2 Å². The standard InChI is InChI=1S/C19H25N5O/c20-10-19(7-8-19)11-24-17(21)15(18(22)25)16(23-24)14-6-5-12-3-1-2-4-13(12)9-14/h1-4,14H,5-11,20-21H2,(H2,22,25). The minimum atomic E-state index is -0.491. The SMILES string of the molecule is NCC1(Cn2nc(C3CCc4ccccc4C3)c(C(N)=O)c2N)CC1. The predicted molar refractivity (Wildman–Crippen MR) is 97.1 cm³/mol. The molecule has 132 valence electrons. The van der Waals surface area contributed by atoms with E-state index in [1.807, 2.05) is 0 Å². The second-order valence-corrected chi connectivity index (χ2v) is 7.58. The molecular formula is C19H25N5O. The van der Waals surface area contributed by atoms with Gasteiger partial charge in [0, 0.05) is 11.3 Å². The number of carbonyl (C=O) groups is 1. The van der Waals surface area contributed by atoms with Gasteiger partial charge in [-0.1, -0.05) is 24.3 Å². The number of hydrogen-bond acceptors (Lipinski definition) is 4. The molecule has 0 spiro atoms. The van der Waals surface area contributed by atoms with Gasteiger partial charge >= 0.3 is 0 Å². The molecule has 1 unspecified atom stereocenters. The third-order valence-corrected chi connectivity index (χ3v) is 5.87. The van der Waals surface area contributed by atoms with Crippen LogP contribution < -0.4 is 17.2 Å². The fraction of sp³-hybridized carbons (Fsp3) is 0.474. The Morgan fingerprint density at radius 1 is 1.28 bits per heavy atom. The van der Waals surface area contributed by atoms with Crippen LogP contribution in [0.2, 0.25) is 0 Å². The fourth-order valence-electron chi connectivity index (χ4n) is 4.01. The second-order valence-electron chi connectivity index (χ2n) is 7.58. The number of aromatic nitrogens is 2. The van der Waals surface area contributed by atoms with Crippen molar-refractivity contribution in [3.8, 4) is 0 Å². The lowest BCUT2D eigenvalue weighted by molar-refractivity contribution is 0.0999. The van der Waals surface area contributed by atoms with Gasteiger partial charge in [0.2, 0.25) is 0 Å². The third-order valence-electron chi connectivity index (χ3n) is 5.87. The molecule has 1 saturated carbocycles. The van der Waals surface area contributed by atoms with Gasteiger partial charge in [0.05, 0.1) is 12.2 Å². The van der Waals surface area contributed by atoms with Crippen molar-refractivity contribution in [3.63, 3.8) is 0 Å². The molecule has 0 radical (unpaired) electrons. The minimum absolute atomic E-state index is 0.0888. The summed E-state index contributed by atoms with van der Waals surface area (Å²) in [7, 11) is 0. The number of aryl methyl sites for hydroxylation is 1. The summed E-state index contributed by atoms with van der Waals surface area (Å²) < 4.78 is 1.76. The summed E-state index contributed by atoms with van der Waals surface area (Å²) in [5.41, 5.74) is 21.7. The highest BCUT2D eigenvalue weighted by Crippen LogP contribution is 2.46. The first-order chi connectivity index (χ1) is 12.0. The summed E-state index contributed by atoms with van der Waals surface area (Å²) in [5.74, 6) is 0.0743.